The van der Waals surface area contributed by atoms with Crippen LogP contribution in [0.25, 0.3) is 0 Å². The van der Waals surface area contributed by atoms with E-state index in [2.05, 4.69) is 13.8 Å². The number of hydrogen-bond acceptors (Lipinski definition) is 0. The molecule has 0 fully saturated rings. The van der Waals surface area contributed by atoms with Crippen LogP contribution in [-0.2, 0) is 0 Å². The number of hydrogen-bond donors (Lipinski definition) is 0. The van der Waals surface area contributed by atoms with Gasteiger partial charge in [-0.1, -0.05) is 78.1 Å². The molecule has 0 saturated carbocycles. The van der Waals surface area contributed by atoms with Crippen molar-refractivity contribution < 1.29 is 0 Å². The summed E-state index contributed by atoms with van der Waals surface area (Å²) in [5.74, 6) is 0. The van der Waals surface area contributed by atoms with Crippen molar-refractivity contribution in [3.05, 3.63) is 6.92 Å². The average molecular weight is 206 g/mol. The Bertz CT molecular complexity index is 61.5. The third kappa shape index (κ3) is 15.1. The Morgan fingerprint density at radius 1 is 0.692 bits per heavy atom. The van der Waals surface area contributed by atoms with Gasteiger partial charge in [-0.2, -0.15) is 0 Å². The topological polar surface area (TPSA) is 0 Å². The highest BCUT2D eigenvalue weighted by Crippen LogP contribution is 2.09. The average Bonchev–Trinajstić information content (AvgIpc) is 2.10. The van der Waals surface area contributed by atoms with Crippen molar-refractivity contribution in [3.63, 3.8) is 0 Å². The van der Waals surface area contributed by atoms with Crippen molar-refractivity contribution in [3.8, 4) is 0 Å². The molecule has 0 nitrogen and oxygen atoms in total. The normalized spacial score (nSPS) is 9.69. The van der Waals surface area contributed by atoms with E-state index in [1.807, 2.05) is 0 Å². The van der Waals surface area contributed by atoms with Crippen LogP contribution < -0.4 is 0 Å². The fourth-order valence-corrected chi connectivity index (χ4v) is 1.49. The van der Waals surface area contributed by atoms with Crippen molar-refractivity contribution in [2.75, 3.05) is 0 Å². The fourth-order valence-electron chi connectivity index (χ4n) is 1.49. The van der Waals surface area contributed by atoms with E-state index in [0.717, 1.165) is 6.42 Å². The summed E-state index contributed by atoms with van der Waals surface area (Å²) in [4.78, 5) is 0. The predicted octanol–water partition coefficient (Wildman–Crippen LogP) is 5.16. The Hall–Kier alpha value is 0.290. The molecule has 1 radical (unpaired) electrons. The van der Waals surface area contributed by atoms with Crippen molar-refractivity contribution in [1.82, 2.24) is 0 Å². The van der Waals surface area contributed by atoms with Gasteiger partial charge in [0.25, 0.3) is 0 Å². The van der Waals surface area contributed by atoms with E-state index >= 15 is 0 Å². The van der Waals surface area contributed by atoms with Crippen LogP contribution >= 0.6 is 12.4 Å². The van der Waals surface area contributed by atoms with Gasteiger partial charge in [-0.3, -0.25) is 0 Å². The lowest BCUT2D eigenvalue weighted by Gasteiger charge is -1.99. The third-order valence-corrected chi connectivity index (χ3v) is 2.35. The Balaban J connectivity index is 0. The molecule has 0 rings (SSSR count). The molecule has 0 heterocycles. The van der Waals surface area contributed by atoms with Gasteiger partial charge in [0.05, 0.1) is 0 Å². The van der Waals surface area contributed by atoms with E-state index in [1.165, 1.54) is 57.8 Å². The van der Waals surface area contributed by atoms with Crippen LogP contribution in [-0.4, -0.2) is 0 Å². The van der Waals surface area contributed by atoms with Gasteiger partial charge >= 0.3 is 0 Å². The molecule has 0 bridgehead atoms. The standard InChI is InChI=1S/C12H25.ClH/c1-3-5-7-9-11-12-10-8-6-4-2;/h1,3-12H2,2H3;1H. The number of unbranched alkanes of at least 4 members (excludes halogenated alkanes) is 9. The van der Waals surface area contributed by atoms with E-state index in [1.54, 1.807) is 0 Å². The van der Waals surface area contributed by atoms with E-state index < -0.39 is 0 Å². The lowest BCUT2D eigenvalue weighted by molar-refractivity contribution is 0.566. The van der Waals surface area contributed by atoms with Gasteiger partial charge in [0.2, 0.25) is 0 Å². The molecule has 0 aromatic heterocycles. The minimum Gasteiger partial charge on any atom is -0.147 e. The van der Waals surface area contributed by atoms with E-state index in [9.17, 15) is 0 Å². The maximum Gasteiger partial charge on any atom is -0.0533 e. The number of halogens is 1. The van der Waals surface area contributed by atoms with Gasteiger partial charge in [-0.15, -0.1) is 12.4 Å². The molecule has 0 N–H and O–H groups in total. The molecule has 81 valence electrons. The summed E-state index contributed by atoms with van der Waals surface area (Å²) in [5.41, 5.74) is 0. The summed E-state index contributed by atoms with van der Waals surface area (Å²) in [7, 11) is 0. The monoisotopic (exact) mass is 205 g/mol. The Labute approximate surface area is 90.9 Å². The molecule has 0 spiro atoms. The van der Waals surface area contributed by atoms with Gasteiger partial charge in [-0.05, 0) is 0 Å². The molecule has 0 aromatic carbocycles. The molecule has 1 heteroatoms. The molecule has 13 heavy (non-hydrogen) atoms. The first-order valence-electron chi connectivity index (χ1n) is 5.71. The zero-order valence-corrected chi connectivity index (χ0v) is 10.0. The maximum absolute atomic E-state index is 3.84. The Morgan fingerprint density at radius 2 is 1.08 bits per heavy atom. The molecule has 0 unspecified atom stereocenters. The molecule has 0 atom stereocenters. The first-order chi connectivity index (χ1) is 5.91. The first kappa shape index (κ1) is 15.7. The van der Waals surface area contributed by atoms with Crippen LogP contribution in [0.15, 0.2) is 0 Å². The molecule has 0 aliphatic rings. The van der Waals surface area contributed by atoms with Crippen LogP contribution in [0.1, 0.15) is 71.1 Å². The van der Waals surface area contributed by atoms with Gasteiger partial charge in [0.1, 0.15) is 0 Å². The van der Waals surface area contributed by atoms with Crippen molar-refractivity contribution in [2.45, 2.75) is 71.1 Å². The summed E-state index contributed by atoms with van der Waals surface area (Å²) in [6.45, 7) is 6.12. The van der Waals surface area contributed by atoms with Crippen LogP contribution in [0.4, 0.5) is 0 Å². The van der Waals surface area contributed by atoms with E-state index in [4.69, 9.17) is 0 Å². The van der Waals surface area contributed by atoms with Gasteiger partial charge in [0, 0.05) is 0 Å². The van der Waals surface area contributed by atoms with E-state index in [0.29, 0.717) is 0 Å². The van der Waals surface area contributed by atoms with Gasteiger partial charge in [0.15, 0.2) is 0 Å². The quantitative estimate of drug-likeness (QED) is 0.456. The summed E-state index contributed by atoms with van der Waals surface area (Å²) >= 11 is 0. The second kappa shape index (κ2) is 14.8. The zero-order chi connectivity index (χ0) is 9.07. The highest BCUT2D eigenvalue weighted by atomic mass is 35.5. The van der Waals surface area contributed by atoms with Crippen LogP contribution in [0.3, 0.4) is 0 Å². The molecule has 0 aliphatic heterocycles. The molecule has 0 aliphatic carbocycles. The minimum atomic E-state index is 0. The Morgan fingerprint density at radius 3 is 1.46 bits per heavy atom. The Kier molecular flexibility index (Phi) is 17.9. The largest absolute Gasteiger partial charge is 0.147 e. The second-order valence-corrected chi connectivity index (χ2v) is 3.68. The SMILES string of the molecule is Cl.[CH2]CCCCCCCCCCC. The smallest absolute Gasteiger partial charge is 0.0533 e. The number of rotatable bonds is 9. The fraction of sp³-hybridized carbons (Fsp3) is 0.917. The van der Waals surface area contributed by atoms with Crippen molar-refractivity contribution >= 4 is 12.4 Å². The minimum absolute atomic E-state index is 0. The van der Waals surface area contributed by atoms with Gasteiger partial charge in [-0.25, -0.2) is 0 Å². The summed E-state index contributed by atoms with van der Waals surface area (Å²) < 4.78 is 0. The maximum atomic E-state index is 3.84. The summed E-state index contributed by atoms with van der Waals surface area (Å²) in [5, 5.41) is 0. The predicted molar refractivity (Wildman–Crippen MR) is 64.4 cm³/mol. The van der Waals surface area contributed by atoms with Crippen LogP contribution in [0, 0.1) is 6.92 Å². The molecule has 0 aromatic rings. The highest BCUT2D eigenvalue weighted by molar-refractivity contribution is 5.85. The third-order valence-electron chi connectivity index (χ3n) is 2.35. The summed E-state index contributed by atoms with van der Waals surface area (Å²) in [6.07, 6.45) is 13.9. The van der Waals surface area contributed by atoms with E-state index in [-0.39, 0.29) is 12.4 Å². The van der Waals surface area contributed by atoms with Crippen molar-refractivity contribution in [1.29, 1.82) is 0 Å². The first-order valence-corrected chi connectivity index (χ1v) is 5.71. The lowest BCUT2D eigenvalue weighted by Crippen LogP contribution is -1.80. The van der Waals surface area contributed by atoms with Crippen LogP contribution in [0.2, 0.25) is 0 Å². The lowest BCUT2D eigenvalue weighted by atomic mass is 10.1. The highest BCUT2D eigenvalue weighted by Gasteiger charge is 1.90. The van der Waals surface area contributed by atoms with Gasteiger partial charge < -0.3 is 0 Å². The van der Waals surface area contributed by atoms with Crippen LogP contribution in [0.5, 0.6) is 0 Å². The molecule has 0 saturated heterocycles. The second-order valence-electron chi connectivity index (χ2n) is 3.68. The van der Waals surface area contributed by atoms with Crippen molar-refractivity contribution in [2.24, 2.45) is 0 Å². The molecular formula is C12H26Cl. The zero-order valence-electron chi connectivity index (χ0n) is 9.19. The molecule has 0 amide bonds. The molecular weight excluding hydrogens is 180 g/mol. The summed E-state index contributed by atoms with van der Waals surface area (Å²) in [6, 6.07) is 0.